The van der Waals surface area contributed by atoms with Crippen LogP contribution in [-0.2, 0) is 13.1 Å². The third-order valence-corrected chi connectivity index (χ3v) is 6.62. The first-order chi connectivity index (χ1) is 15.2. The number of rotatable bonds is 6. The van der Waals surface area contributed by atoms with E-state index in [4.69, 9.17) is 4.98 Å². The summed E-state index contributed by atoms with van der Waals surface area (Å²) in [4.78, 5) is 19.7. The highest BCUT2D eigenvalue weighted by atomic mass is 16.1. The van der Waals surface area contributed by atoms with E-state index in [0.29, 0.717) is 12.1 Å². The number of hydrogen-bond acceptors (Lipinski definition) is 4. The quantitative estimate of drug-likeness (QED) is 0.605. The number of amides is 1. The van der Waals surface area contributed by atoms with Crippen LogP contribution < -0.4 is 10.6 Å². The molecular weight excluding hydrogens is 386 g/mol. The molecule has 3 heterocycles. The van der Waals surface area contributed by atoms with Crippen molar-refractivity contribution in [3.63, 3.8) is 0 Å². The molecule has 2 aliphatic heterocycles. The number of hydrogen-bond donors (Lipinski definition) is 2. The number of para-hydroxylation sites is 1. The summed E-state index contributed by atoms with van der Waals surface area (Å²) in [6.45, 7) is 5.79. The molecule has 1 atom stereocenters. The minimum atomic E-state index is -0.0166. The molecule has 31 heavy (non-hydrogen) atoms. The summed E-state index contributed by atoms with van der Waals surface area (Å²) >= 11 is 0. The second-order valence-electron chi connectivity index (χ2n) is 8.95. The van der Waals surface area contributed by atoms with Gasteiger partial charge in [-0.15, -0.1) is 0 Å². The predicted molar refractivity (Wildman–Crippen MR) is 124 cm³/mol. The van der Waals surface area contributed by atoms with E-state index in [1.807, 2.05) is 18.2 Å². The van der Waals surface area contributed by atoms with Crippen molar-refractivity contribution in [3.05, 3.63) is 53.6 Å². The number of piperidine rings is 1. The van der Waals surface area contributed by atoms with E-state index in [0.717, 1.165) is 48.0 Å². The van der Waals surface area contributed by atoms with Gasteiger partial charge in [-0.25, -0.2) is 4.98 Å². The van der Waals surface area contributed by atoms with E-state index in [1.165, 1.54) is 37.9 Å². The number of benzene rings is 2. The van der Waals surface area contributed by atoms with Crippen LogP contribution in [-0.4, -0.2) is 53.6 Å². The Balaban J connectivity index is 1.26. The highest BCUT2D eigenvalue weighted by molar-refractivity contribution is 6.06. The Labute approximate surface area is 183 Å². The summed E-state index contributed by atoms with van der Waals surface area (Å²) in [5.74, 6) is 1.74. The smallest absolute Gasteiger partial charge is 0.253 e. The van der Waals surface area contributed by atoms with Crippen molar-refractivity contribution in [2.45, 2.75) is 32.4 Å². The number of nitrogens with one attached hydrogen (secondary N) is 2. The molecule has 3 aromatic rings. The molecular formula is C25H31N5O. The molecule has 162 valence electrons. The number of nitrogens with zero attached hydrogens (tertiary/aromatic N) is 3. The molecule has 2 N–H and O–H groups in total. The Kier molecular flexibility index (Phi) is 5.74. The SMILES string of the molecule is CN1CCCC(CCNCc2ccc(-c3nc4cccc5c4n3CCNC5=O)cc2)C1. The molecule has 1 amide bonds. The fourth-order valence-electron chi connectivity index (χ4n) is 5.00. The maximum absolute atomic E-state index is 12.4. The van der Waals surface area contributed by atoms with Gasteiger partial charge in [-0.1, -0.05) is 30.3 Å². The average Bonchev–Trinajstić information content (AvgIpc) is 3.06. The Morgan fingerprint density at radius 2 is 2.03 bits per heavy atom. The van der Waals surface area contributed by atoms with Crippen molar-refractivity contribution in [2.75, 3.05) is 33.2 Å². The van der Waals surface area contributed by atoms with E-state index in [-0.39, 0.29) is 5.91 Å². The molecule has 0 spiro atoms. The normalized spacial score (nSPS) is 19.4. The Morgan fingerprint density at radius 3 is 2.87 bits per heavy atom. The number of carbonyl (C=O) groups is 1. The Bertz CT molecular complexity index is 1070. The molecule has 2 aliphatic rings. The zero-order valence-electron chi connectivity index (χ0n) is 18.2. The molecule has 1 saturated heterocycles. The van der Waals surface area contributed by atoms with E-state index < -0.39 is 0 Å². The topological polar surface area (TPSA) is 62.2 Å². The van der Waals surface area contributed by atoms with Crippen molar-refractivity contribution < 1.29 is 4.79 Å². The zero-order chi connectivity index (χ0) is 21.2. The summed E-state index contributed by atoms with van der Waals surface area (Å²) in [5, 5.41) is 6.59. The summed E-state index contributed by atoms with van der Waals surface area (Å²) < 4.78 is 2.18. The minimum absolute atomic E-state index is 0.0166. The highest BCUT2D eigenvalue weighted by Gasteiger charge is 2.21. The molecule has 0 saturated carbocycles. The molecule has 0 aliphatic carbocycles. The van der Waals surface area contributed by atoms with Crippen molar-refractivity contribution >= 4 is 16.9 Å². The maximum atomic E-state index is 12.4. The predicted octanol–water partition coefficient (Wildman–Crippen LogP) is 3.27. The summed E-state index contributed by atoms with van der Waals surface area (Å²) in [5.41, 5.74) is 4.90. The first kappa shape index (κ1) is 20.2. The summed E-state index contributed by atoms with van der Waals surface area (Å²) in [6, 6.07) is 14.4. The van der Waals surface area contributed by atoms with Gasteiger partial charge in [-0.2, -0.15) is 0 Å². The molecule has 6 heteroatoms. The van der Waals surface area contributed by atoms with Crippen molar-refractivity contribution in [1.29, 1.82) is 0 Å². The van der Waals surface area contributed by atoms with Gasteiger partial charge in [0.15, 0.2) is 0 Å². The third kappa shape index (κ3) is 4.23. The summed E-state index contributed by atoms with van der Waals surface area (Å²) in [7, 11) is 2.23. The lowest BCUT2D eigenvalue weighted by Gasteiger charge is -2.29. The number of aromatic nitrogens is 2. The van der Waals surface area contributed by atoms with Crippen LogP contribution >= 0.6 is 0 Å². The van der Waals surface area contributed by atoms with Crippen LogP contribution in [0.3, 0.4) is 0 Å². The fourth-order valence-corrected chi connectivity index (χ4v) is 5.00. The van der Waals surface area contributed by atoms with Crippen LogP contribution in [0.25, 0.3) is 22.4 Å². The molecule has 1 fully saturated rings. The van der Waals surface area contributed by atoms with Crippen LogP contribution in [0, 0.1) is 5.92 Å². The van der Waals surface area contributed by atoms with Gasteiger partial charge in [-0.05, 0) is 63.0 Å². The fraction of sp³-hybridized carbons (Fsp3) is 0.440. The molecule has 5 rings (SSSR count). The Hall–Kier alpha value is -2.70. The molecule has 6 nitrogen and oxygen atoms in total. The van der Waals surface area contributed by atoms with Gasteiger partial charge in [0.05, 0.1) is 16.6 Å². The van der Waals surface area contributed by atoms with Gasteiger partial charge in [0.25, 0.3) is 5.91 Å². The molecule has 1 unspecified atom stereocenters. The van der Waals surface area contributed by atoms with Gasteiger partial charge >= 0.3 is 0 Å². The number of imidazole rings is 1. The second kappa shape index (κ2) is 8.81. The van der Waals surface area contributed by atoms with Crippen LogP contribution in [0.5, 0.6) is 0 Å². The lowest BCUT2D eigenvalue weighted by Crippen LogP contribution is -2.33. The van der Waals surface area contributed by atoms with Crippen LogP contribution in [0.2, 0.25) is 0 Å². The first-order valence-corrected chi connectivity index (χ1v) is 11.4. The van der Waals surface area contributed by atoms with E-state index in [9.17, 15) is 4.79 Å². The van der Waals surface area contributed by atoms with E-state index in [2.05, 4.69) is 51.4 Å². The molecule has 1 aromatic heterocycles. The zero-order valence-corrected chi connectivity index (χ0v) is 18.2. The minimum Gasteiger partial charge on any atom is -0.350 e. The standard InChI is InChI=1S/C25H31N5O/c1-29-14-3-4-19(17-29)11-12-26-16-18-7-9-20(10-8-18)24-28-22-6-2-5-21-23(22)30(24)15-13-27-25(21)31/h2,5-10,19,26H,3-4,11-17H2,1H3,(H,27,31). The molecule has 0 bridgehead atoms. The van der Waals surface area contributed by atoms with Crippen molar-refractivity contribution in [2.24, 2.45) is 5.92 Å². The maximum Gasteiger partial charge on any atom is 0.253 e. The van der Waals surface area contributed by atoms with Gasteiger partial charge < -0.3 is 20.1 Å². The molecule has 0 radical (unpaired) electrons. The van der Waals surface area contributed by atoms with Gasteiger partial charge in [-0.3, -0.25) is 4.79 Å². The lowest BCUT2D eigenvalue weighted by molar-refractivity contribution is 0.0956. The third-order valence-electron chi connectivity index (χ3n) is 6.62. The van der Waals surface area contributed by atoms with Crippen molar-refractivity contribution in [3.8, 4) is 11.4 Å². The van der Waals surface area contributed by atoms with E-state index in [1.54, 1.807) is 0 Å². The van der Waals surface area contributed by atoms with Gasteiger partial charge in [0, 0.05) is 31.7 Å². The van der Waals surface area contributed by atoms with Crippen LogP contribution in [0.15, 0.2) is 42.5 Å². The summed E-state index contributed by atoms with van der Waals surface area (Å²) in [6.07, 6.45) is 3.95. The second-order valence-corrected chi connectivity index (χ2v) is 8.95. The molecule has 2 aromatic carbocycles. The van der Waals surface area contributed by atoms with Gasteiger partial charge in [0.2, 0.25) is 0 Å². The Morgan fingerprint density at radius 1 is 1.16 bits per heavy atom. The van der Waals surface area contributed by atoms with Crippen LogP contribution in [0.4, 0.5) is 0 Å². The largest absolute Gasteiger partial charge is 0.350 e. The lowest BCUT2D eigenvalue weighted by atomic mass is 9.95. The highest BCUT2D eigenvalue weighted by Crippen LogP contribution is 2.28. The van der Waals surface area contributed by atoms with Crippen LogP contribution in [0.1, 0.15) is 35.2 Å². The van der Waals surface area contributed by atoms with Crippen molar-refractivity contribution in [1.82, 2.24) is 25.1 Å². The first-order valence-electron chi connectivity index (χ1n) is 11.4. The van der Waals surface area contributed by atoms with Gasteiger partial charge in [0.1, 0.15) is 5.82 Å². The van der Waals surface area contributed by atoms with E-state index >= 15 is 0 Å². The number of likely N-dealkylation sites (tertiary alicyclic amines) is 1. The average molecular weight is 418 g/mol. The number of carbonyl (C=O) groups excluding carboxylic acids is 1. The monoisotopic (exact) mass is 417 g/mol.